The van der Waals surface area contributed by atoms with Crippen LogP contribution in [0.5, 0.6) is 0 Å². The Kier molecular flexibility index (Phi) is 11.0. The molecule has 104 valence electrons. The second-order valence-electron chi connectivity index (χ2n) is 4.27. The average molecular weight is 256 g/mol. The van der Waals surface area contributed by atoms with Gasteiger partial charge in [-0.2, -0.15) is 0 Å². The number of hydrogen-bond acceptors (Lipinski definition) is 4. The van der Waals surface area contributed by atoms with Crippen molar-refractivity contribution in [3.05, 3.63) is 24.3 Å². The summed E-state index contributed by atoms with van der Waals surface area (Å²) in [6, 6.07) is 0. The van der Waals surface area contributed by atoms with E-state index in [1.54, 1.807) is 20.8 Å². The maximum absolute atomic E-state index is 10.7. The van der Waals surface area contributed by atoms with Gasteiger partial charge in [0.2, 0.25) is 0 Å². The van der Waals surface area contributed by atoms with Gasteiger partial charge in [0.15, 0.2) is 0 Å². The molecule has 0 aromatic carbocycles. The standard InChI is InChI=1S/C8H14O2.C6H10O2/c1-6(2)5-10-8(9)7(3)4;1-4-8-6(7)5(2)3/h6H,3,5H2,1-2,4H3;2,4H2,1,3H3. The molecule has 0 unspecified atom stereocenters. The summed E-state index contributed by atoms with van der Waals surface area (Å²) in [6.07, 6.45) is 0. The largest absolute Gasteiger partial charge is 0.463 e. The Morgan fingerprint density at radius 2 is 1.39 bits per heavy atom. The van der Waals surface area contributed by atoms with E-state index in [4.69, 9.17) is 4.74 Å². The van der Waals surface area contributed by atoms with Gasteiger partial charge in [0.1, 0.15) is 0 Å². The van der Waals surface area contributed by atoms with Gasteiger partial charge >= 0.3 is 11.9 Å². The van der Waals surface area contributed by atoms with E-state index in [1.807, 2.05) is 13.8 Å². The molecule has 0 amide bonds. The van der Waals surface area contributed by atoms with Crippen LogP contribution < -0.4 is 0 Å². The summed E-state index contributed by atoms with van der Waals surface area (Å²) >= 11 is 0. The normalized spacial score (nSPS) is 9.00. The molecule has 0 aromatic heterocycles. The molecule has 0 aliphatic rings. The highest BCUT2D eigenvalue weighted by Crippen LogP contribution is 1.97. The minimum Gasteiger partial charge on any atom is -0.463 e. The summed E-state index contributed by atoms with van der Waals surface area (Å²) in [5, 5.41) is 0. The molecular weight excluding hydrogens is 232 g/mol. The van der Waals surface area contributed by atoms with E-state index in [1.165, 1.54) is 0 Å². The van der Waals surface area contributed by atoms with Crippen molar-refractivity contribution in [3.63, 3.8) is 0 Å². The lowest BCUT2D eigenvalue weighted by Crippen LogP contribution is -2.09. The Morgan fingerprint density at radius 1 is 1.00 bits per heavy atom. The molecule has 18 heavy (non-hydrogen) atoms. The predicted octanol–water partition coefficient (Wildman–Crippen LogP) is 2.89. The first-order valence-corrected chi connectivity index (χ1v) is 5.87. The third kappa shape index (κ3) is 12.5. The fourth-order valence-corrected chi connectivity index (χ4v) is 0.620. The number of carbonyl (C=O) groups excluding carboxylic acids is 2. The van der Waals surface area contributed by atoms with Crippen molar-refractivity contribution >= 4 is 11.9 Å². The third-order valence-corrected chi connectivity index (χ3v) is 1.52. The molecule has 0 bridgehead atoms. The summed E-state index contributed by atoms with van der Waals surface area (Å²) in [5.74, 6) is -0.218. The lowest BCUT2D eigenvalue weighted by atomic mass is 10.2. The van der Waals surface area contributed by atoms with Crippen LogP contribution in [0.25, 0.3) is 0 Å². The van der Waals surface area contributed by atoms with Gasteiger partial charge in [0.05, 0.1) is 13.2 Å². The van der Waals surface area contributed by atoms with Gasteiger partial charge in [-0.15, -0.1) is 0 Å². The highest BCUT2D eigenvalue weighted by molar-refractivity contribution is 5.87. The fraction of sp³-hybridized carbons (Fsp3) is 0.571. The van der Waals surface area contributed by atoms with Gasteiger partial charge in [-0.3, -0.25) is 0 Å². The van der Waals surface area contributed by atoms with Crippen LogP contribution in [0, 0.1) is 5.92 Å². The van der Waals surface area contributed by atoms with E-state index < -0.39 is 0 Å². The Balaban J connectivity index is 0. The molecule has 0 N–H and O–H groups in total. The quantitative estimate of drug-likeness (QED) is 0.560. The van der Waals surface area contributed by atoms with E-state index in [-0.39, 0.29) is 11.9 Å². The molecule has 0 saturated heterocycles. The van der Waals surface area contributed by atoms with Crippen LogP contribution in [0.1, 0.15) is 34.6 Å². The monoisotopic (exact) mass is 256 g/mol. The van der Waals surface area contributed by atoms with Crippen LogP contribution in [0.4, 0.5) is 0 Å². The summed E-state index contributed by atoms with van der Waals surface area (Å²) in [6.45, 7) is 16.8. The number of hydrogen-bond donors (Lipinski definition) is 0. The van der Waals surface area contributed by atoms with Crippen molar-refractivity contribution < 1.29 is 19.1 Å². The van der Waals surface area contributed by atoms with E-state index in [0.29, 0.717) is 30.3 Å². The van der Waals surface area contributed by atoms with Crippen molar-refractivity contribution in [1.82, 2.24) is 0 Å². The zero-order chi connectivity index (χ0) is 14.7. The molecule has 0 aliphatic heterocycles. The van der Waals surface area contributed by atoms with E-state index >= 15 is 0 Å². The van der Waals surface area contributed by atoms with Crippen LogP contribution in [-0.2, 0) is 19.1 Å². The Hall–Kier alpha value is -1.58. The van der Waals surface area contributed by atoms with Crippen molar-refractivity contribution in [3.8, 4) is 0 Å². The molecule has 0 fully saturated rings. The van der Waals surface area contributed by atoms with Crippen molar-refractivity contribution in [2.75, 3.05) is 13.2 Å². The van der Waals surface area contributed by atoms with E-state index in [2.05, 4.69) is 17.9 Å². The van der Waals surface area contributed by atoms with Crippen molar-refractivity contribution in [2.45, 2.75) is 34.6 Å². The van der Waals surface area contributed by atoms with Gasteiger partial charge in [0.25, 0.3) is 0 Å². The lowest BCUT2D eigenvalue weighted by molar-refractivity contribution is -0.140. The summed E-state index contributed by atoms with van der Waals surface area (Å²) < 4.78 is 9.39. The Morgan fingerprint density at radius 3 is 1.61 bits per heavy atom. The van der Waals surface area contributed by atoms with E-state index in [9.17, 15) is 9.59 Å². The molecule has 0 heterocycles. The molecule has 0 aliphatic carbocycles. The molecule has 4 heteroatoms. The second kappa shape index (κ2) is 10.6. The van der Waals surface area contributed by atoms with Gasteiger partial charge in [-0.1, -0.05) is 27.0 Å². The number of carbonyl (C=O) groups is 2. The van der Waals surface area contributed by atoms with E-state index in [0.717, 1.165) is 0 Å². The first-order chi connectivity index (χ1) is 8.22. The predicted molar refractivity (Wildman–Crippen MR) is 72.1 cm³/mol. The van der Waals surface area contributed by atoms with Crippen molar-refractivity contribution in [2.24, 2.45) is 5.92 Å². The zero-order valence-electron chi connectivity index (χ0n) is 12.0. The molecule has 0 aromatic rings. The maximum atomic E-state index is 10.7. The first kappa shape index (κ1) is 18.8. The SMILES string of the molecule is C=C(C)C(=O)OCC.C=C(C)C(=O)OCC(C)C. The topological polar surface area (TPSA) is 52.6 Å². The number of ether oxygens (including phenoxy) is 2. The second-order valence-corrected chi connectivity index (χ2v) is 4.27. The van der Waals surface area contributed by atoms with Gasteiger partial charge in [-0.05, 0) is 26.7 Å². The Bertz CT molecular complexity index is 303. The summed E-state index contributed by atoms with van der Waals surface area (Å²) in [5.41, 5.74) is 0.910. The minimum atomic E-state index is -0.312. The number of rotatable bonds is 5. The number of esters is 2. The molecule has 4 nitrogen and oxygen atoms in total. The first-order valence-electron chi connectivity index (χ1n) is 5.87. The van der Waals surface area contributed by atoms with Crippen LogP contribution in [0.15, 0.2) is 24.3 Å². The average Bonchev–Trinajstić information content (AvgIpc) is 2.26. The van der Waals surface area contributed by atoms with Gasteiger partial charge < -0.3 is 9.47 Å². The molecule has 0 spiro atoms. The molecule has 0 saturated carbocycles. The highest BCUT2D eigenvalue weighted by atomic mass is 16.5. The van der Waals surface area contributed by atoms with Crippen LogP contribution in [-0.4, -0.2) is 25.2 Å². The molecule has 0 radical (unpaired) electrons. The highest BCUT2D eigenvalue weighted by Gasteiger charge is 2.03. The summed E-state index contributed by atoms with van der Waals surface area (Å²) in [4.78, 5) is 21.1. The van der Waals surface area contributed by atoms with Crippen LogP contribution >= 0.6 is 0 Å². The lowest BCUT2D eigenvalue weighted by Gasteiger charge is -2.05. The van der Waals surface area contributed by atoms with Crippen LogP contribution in [0.3, 0.4) is 0 Å². The fourth-order valence-electron chi connectivity index (χ4n) is 0.620. The molecule has 0 rings (SSSR count). The van der Waals surface area contributed by atoms with Gasteiger partial charge in [-0.25, -0.2) is 9.59 Å². The smallest absolute Gasteiger partial charge is 0.333 e. The zero-order valence-corrected chi connectivity index (χ0v) is 12.0. The minimum absolute atomic E-state index is 0.297. The van der Waals surface area contributed by atoms with Crippen molar-refractivity contribution in [1.29, 1.82) is 0 Å². The third-order valence-electron chi connectivity index (χ3n) is 1.52. The summed E-state index contributed by atoms with van der Waals surface area (Å²) in [7, 11) is 0. The molecular formula is C14H24O4. The van der Waals surface area contributed by atoms with Gasteiger partial charge in [0, 0.05) is 11.1 Å². The maximum Gasteiger partial charge on any atom is 0.333 e. The molecule has 0 atom stereocenters. The Labute approximate surface area is 110 Å². The van der Waals surface area contributed by atoms with Crippen LogP contribution in [0.2, 0.25) is 0 Å².